The summed E-state index contributed by atoms with van der Waals surface area (Å²) in [5.74, 6) is 0. The van der Waals surface area contributed by atoms with E-state index in [1.807, 2.05) is 18.2 Å². The number of hydrogen-bond acceptors (Lipinski definition) is 1. The van der Waals surface area contributed by atoms with E-state index < -0.39 is 0 Å². The molecule has 0 atom stereocenters. The Balaban J connectivity index is 2.98. The van der Waals surface area contributed by atoms with Gasteiger partial charge in [-0.05, 0) is 5.56 Å². The normalized spacial score (nSPS) is 8.89. The quantitative estimate of drug-likeness (QED) is 0.521. The molecule has 9 heavy (non-hydrogen) atoms. The summed E-state index contributed by atoms with van der Waals surface area (Å²) in [5.41, 5.74) is 0.738. The highest BCUT2D eigenvalue weighted by atomic mass is 27.0. The Morgan fingerprint density at radius 2 is 1.78 bits per heavy atom. The molecule has 0 aliphatic rings. The lowest BCUT2D eigenvalue weighted by Gasteiger charge is -1.91. The number of carbonyl (C=O) groups is 1. The molecular formula is C7H5AlO. The van der Waals surface area contributed by atoms with Gasteiger partial charge < -0.3 is 4.79 Å². The van der Waals surface area contributed by atoms with Crippen LogP contribution in [0.4, 0.5) is 0 Å². The second-order valence-corrected chi connectivity index (χ2v) is 2.25. The first-order valence-electron chi connectivity index (χ1n) is 2.65. The van der Waals surface area contributed by atoms with Crippen LogP contribution in [-0.4, -0.2) is 20.9 Å². The molecule has 0 heterocycles. The molecule has 0 aromatic heterocycles. The van der Waals surface area contributed by atoms with Crippen molar-refractivity contribution in [3.05, 3.63) is 35.9 Å². The van der Waals surface area contributed by atoms with Crippen molar-refractivity contribution in [3.8, 4) is 0 Å². The highest BCUT2D eigenvalue weighted by Gasteiger charge is 1.91. The average Bonchev–Trinajstić information content (AvgIpc) is 1.90. The third-order valence-corrected chi connectivity index (χ3v) is 1.39. The van der Waals surface area contributed by atoms with Crippen LogP contribution in [0.2, 0.25) is 0 Å². The van der Waals surface area contributed by atoms with Gasteiger partial charge in [0.25, 0.3) is 16.3 Å². The zero-order valence-corrected chi connectivity index (χ0v) is 6.03. The molecule has 0 unspecified atom stereocenters. The van der Waals surface area contributed by atoms with Gasteiger partial charge in [-0.15, -0.1) is 0 Å². The predicted octanol–water partition coefficient (Wildman–Crippen LogP) is 0.995. The van der Waals surface area contributed by atoms with E-state index in [4.69, 9.17) is 0 Å². The van der Waals surface area contributed by atoms with E-state index in [0.717, 1.165) is 5.56 Å². The van der Waals surface area contributed by atoms with Gasteiger partial charge in [-0.3, -0.25) is 0 Å². The van der Waals surface area contributed by atoms with Crippen LogP contribution in [0.3, 0.4) is 0 Å². The summed E-state index contributed by atoms with van der Waals surface area (Å²) >= 11 is 2.13. The molecule has 2 heteroatoms. The number of hydrogen-bond donors (Lipinski definition) is 0. The van der Waals surface area contributed by atoms with Crippen molar-refractivity contribution in [3.63, 3.8) is 0 Å². The Morgan fingerprint density at radius 1 is 1.22 bits per heavy atom. The number of rotatable bonds is 1. The van der Waals surface area contributed by atoms with Gasteiger partial charge in [0.05, 0.1) is 4.65 Å². The van der Waals surface area contributed by atoms with E-state index in [2.05, 4.69) is 16.3 Å². The zero-order valence-electron chi connectivity index (χ0n) is 4.87. The molecule has 1 aromatic rings. The van der Waals surface area contributed by atoms with E-state index in [0.29, 0.717) is 0 Å². The maximum absolute atomic E-state index is 10.6. The molecule has 2 radical (unpaired) electrons. The standard InChI is InChI=1S/C7H5O.Al/c8-6-7-4-2-1-3-5-7;/h1-5H;. The monoisotopic (exact) mass is 132 g/mol. The summed E-state index contributed by atoms with van der Waals surface area (Å²) in [6.45, 7) is 0. The van der Waals surface area contributed by atoms with Crippen molar-refractivity contribution in [1.29, 1.82) is 0 Å². The minimum Gasteiger partial charge on any atom is -0.318 e. The van der Waals surface area contributed by atoms with Crippen molar-refractivity contribution in [2.45, 2.75) is 0 Å². The summed E-state index contributed by atoms with van der Waals surface area (Å²) in [5, 5.41) is 0. The molecule has 1 nitrogen and oxygen atoms in total. The molecule has 0 saturated heterocycles. The molecule has 0 fully saturated rings. The maximum Gasteiger partial charge on any atom is 0.250 e. The van der Waals surface area contributed by atoms with Gasteiger partial charge in [0.2, 0.25) is 0 Å². The second kappa shape index (κ2) is 2.82. The molecule has 0 amide bonds. The van der Waals surface area contributed by atoms with Crippen LogP contribution in [0.25, 0.3) is 0 Å². The summed E-state index contributed by atoms with van der Waals surface area (Å²) in [7, 11) is 0. The maximum atomic E-state index is 10.6. The highest BCUT2D eigenvalue weighted by molar-refractivity contribution is 6.62. The Labute approximate surface area is 62.1 Å². The lowest BCUT2D eigenvalue weighted by atomic mass is 10.2. The Morgan fingerprint density at radius 3 is 2.11 bits per heavy atom. The van der Waals surface area contributed by atoms with Crippen molar-refractivity contribution >= 4 is 20.9 Å². The first-order chi connectivity index (χ1) is 4.30. The minimum atomic E-state index is 0.0376. The van der Waals surface area contributed by atoms with Crippen molar-refractivity contribution < 1.29 is 4.79 Å². The molecule has 0 saturated carbocycles. The zero-order chi connectivity index (χ0) is 6.69. The second-order valence-electron chi connectivity index (χ2n) is 1.73. The van der Waals surface area contributed by atoms with Crippen LogP contribution in [0.15, 0.2) is 30.3 Å². The third kappa shape index (κ3) is 1.67. The first-order valence-corrected chi connectivity index (χ1v) is 3.23. The van der Waals surface area contributed by atoms with Gasteiger partial charge >= 0.3 is 0 Å². The molecule has 1 rings (SSSR count). The van der Waals surface area contributed by atoms with Crippen LogP contribution in [0, 0.1) is 0 Å². The summed E-state index contributed by atoms with van der Waals surface area (Å²) in [4.78, 5) is 10.6. The van der Waals surface area contributed by atoms with Crippen LogP contribution in [-0.2, 0) is 0 Å². The molecule has 42 valence electrons. The van der Waals surface area contributed by atoms with Crippen molar-refractivity contribution in [1.82, 2.24) is 0 Å². The fourth-order valence-electron chi connectivity index (χ4n) is 0.602. The largest absolute Gasteiger partial charge is 0.318 e. The van der Waals surface area contributed by atoms with E-state index in [9.17, 15) is 4.79 Å². The van der Waals surface area contributed by atoms with Gasteiger partial charge in [0.15, 0.2) is 0 Å². The lowest BCUT2D eigenvalue weighted by molar-refractivity contribution is 0.108. The highest BCUT2D eigenvalue weighted by Crippen LogP contribution is 1.95. The smallest absolute Gasteiger partial charge is 0.250 e. The SMILES string of the molecule is O=[C]([Al])c1ccccc1. The molecule has 1 aromatic carbocycles. The van der Waals surface area contributed by atoms with Crippen LogP contribution in [0.1, 0.15) is 10.4 Å². The molecule has 0 N–H and O–H groups in total. The number of benzene rings is 1. The van der Waals surface area contributed by atoms with Gasteiger partial charge in [-0.1, -0.05) is 30.3 Å². The van der Waals surface area contributed by atoms with E-state index in [-0.39, 0.29) is 4.65 Å². The van der Waals surface area contributed by atoms with Gasteiger partial charge in [0, 0.05) is 0 Å². The fraction of sp³-hybridized carbons (Fsp3) is 0. The predicted molar refractivity (Wildman–Crippen MR) is 36.5 cm³/mol. The topological polar surface area (TPSA) is 17.1 Å². The van der Waals surface area contributed by atoms with Crippen LogP contribution < -0.4 is 0 Å². The summed E-state index contributed by atoms with van der Waals surface area (Å²) in [6.07, 6.45) is 0. The van der Waals surface area contributed by atoms with E-state index in [1.165, 1.54) is 0 Å². The van der Waals surface area contributed by atoms with Gasteiger partial charge in [-0.25, -0.2) is 0 Å². The Kier molecular flexibility index (Phi) is 2.05. The average molecular weight is 132 g/mol. The first kappa shape index (κ1) is 6.54. The van der Waals surface area contributed by atoms with Crippen molar-refractivity contribution in [2.24, 2.45) is 0 Å². The number of carbonyl (C=O) groups excluding carboxylic acids is 1. The molecule has 0 spiro atoms. The van der Waals surface area contributed by atoms with E-state index in [1.54, 1.807) is 12.1 Å². The lowest BCUT2D eigenvalue weighted by Crippen LogP contribution is -1.94. The molecule has 0 aliphatic carbocycles. The van der Waals surface area contributed by atoms with Gasteiger partial charge in [-0.2, -0.15) is 0 Å². The Bertz CT molecular complexity index is 205. The van der Waals surface area contributed by atoms with Crippen molar-refractivity contribution in [2.75, 3.05) is 0 Å². The third-order valence-electron chi connectivity index (χ3n) is 1.06. The molecule has 0 bridgehead atoms. The fourth-order valence-corrected chi connectivity index (χ4v) is 0.795. The summed E-state index contributed by atoms with van der Waals surface area (Å²) < 4.78 is 0.0376. The molecular weight excluding hydrogens is 127 g/mol. The summed E-state index contributed by atoms with van der Waals surface area (Å²) in [6, 6.07) is 9.15. The molecule has 0 aliphatic heterocycles. The van der Waals surface area contributed by atoms with Crippen LogP contribution in [0.5, 0.6) is 0 Å². The minimum absolute atomic E-state index is 0.0376. The van der Waals surface area contributed by atoms with E-state index >= 15 is 0 Å². The Hall–Kier alpha value is -0.578. The van der Waals surface area contributed by atoms with Crippen LogP contribution >= 0.6 is 0 Å². The van der Waals surface area contributed by atoms with Gasteiger partial charge in [0.1, 0.15) is 0 Å².